The van der Waals surface area contributed by atoms with Crippen LogP contribution in [0.4, 0.5) is 5.69 Å². The molecule has 2 aromatic carbocycles. The molecule has 0 aliphatic heterocycles. The number of hydrogen-bond donors (Lipinski definition) is 1. The van der Waals surface area contributed by atoms with Crippen LogP contribution in [0.15, 0.2) is 58.8 Å². The van der Waals surface area contributed by atoms with Crippen molar-refractivity contribution < 1.29 is 4.79 Å². The van der Waals surface area contributed by atoms with Crippen molar-refractivity contribution in [2.24, 2.45) is 7.05 Å². The Morgan fingerprint density at radius 1 is 1.23 bits per heavy atom. The Morgan fingerprint density at radius 3 is 2.84 bits per heavy atom. The number of hydrogen-bond acceptors (Lipinski definition) is 5. The lowest BCUT2D eigenvalue weighted by Gasteiger charge is -2.13. The van der Waals surface area contributed by atoms with E-state index in [4.69, 9.17) is 16.6 Å². The highest BCUT2D eigenvalue weighted by atomic mass is 35.5. The van der Waals surface area contributed by atoms with Gasteiger partial charge in [0.25, 0.3) is 0 Å². The number of amides is 1. The van der Waals surface area contributed by atoms with E-state index in [1.165, 1.54) is 11.8 Å². The second kappa shape index (κ2) is 9.53. The molecular formula is C22H23ClN6OS. The van der Waals surface area contributed by atoms with Crippen molar-refractivity contribution in [3.8, 4) is 0 Å². The molecule has 160 valence electrons. The van der Waals surface area contributed by atoms with E-state index >= 15 is 0 Å². The first-order valence-corrected chi connectivity index (χ1v) is 11.3. The molecule has 4 rings (SSSR count). The van der Waals surface area contributed by atoms with Crippen LogP contribution in [0, 0.1) is 0 Å². The maximum absolute atomic E-state index is 13.0. The summed E-state index contributed by atoms with van der Waals surface area (Å²) in [4.78, 5) is 18.6. The van der Waals surface area contributed by atoms with Crippen LogP contribution in [0.2, 0.25) is 5.02 Å². The quantitative estimate of drug-likeness (QED) is 0.407. The van der Waals surface area contributed by atoms with Crippen molar-refractivity contribution in [1.82, 2.24) is 24.3 Å². The predicted molar refractivity (Wildman–Crippen MR) is 124 cm³/mol. The zero-order valence-electron chi connectivity index (χ0n) is 17.4. The molecule has 7 nitrogen and oxygen atoms in total. The number of fused-ring (bicyclic) bond motifs is 1. The van der Waals surface area contributed by atoms with Gasteiger partial charge in [-0.05, 0) is 48.5 Å². The first kappa shape index (κ1) is 21.4. The second-order valence-corrected chi connectivity index (χ2v) is 8.67. The van der Waals surface area contributed by atoms with Crippen LogP contribution < -0.4 is 5.32 Å². The first-order valence-electron chi connectivity index (χ1n) is 10.1. The van der Waals surface area contributed by atoms with Crippen molar-refractivity contribution >= 4 is 46.0 Å². The van der Waals surface area contributed by atoms with E-state index in [1.54, 1.807) is 18.5 Å². The number of carbonyl (C=O) groups excluding carboxylic acids is 1. The van der Waals surface area contributed by atoms with Gasteiger partial charge < -0.3 is 14.5 Å². The fraction of sp³-hybridized carbons (Fsp3) is 0.273. The molecule has 31 heavy (non-hydrogen) atoms. The van der Waals surface area contributed by atoms with Crippen LogP contribution >= 0.6 is 23.4 Å². The minimum absolute atomic E-state index is 0.136. The lowest BCUT2D eigenvalue weighted by atomic mass is 10.2. The van der Waals surface area contributed by atoms with Gasteiger partial charge in [-0.15, -0.1) is 10.2 Å². The largest absolute Gasteiger partial charge is 0.323 e. The fourth-order valence-corrected chi connectivity index (χ4v) is 4.32. The minimum atomic E-state index is -0.136. The molecule has 0 aliphatic carbocycles. The molecule has 4 aromatic rings. The number of anilines is 1. The van der Waals surface area contributed by atoms with Crippen molar-refractivity contribution in [2.45, 2.75) is 42.8 Å². The summed E-state index contributed by atoms with van der Waals surface area (Å²) in [6, 6.07) is 13.3. The van der Waals surface area contributed by atoms with Crippen LogP contribution in [0.25, 0.3) is 11.0 Å². The van der Waals surface area contributed by atoms with E-state index in [1.807, 2.05) is 46.5 Å². The Labute approximate surface area is 189 Å². The molecule has 0 spiro atoms. The third-order valence-corrected chi connectivity index (χ3v) is 6.24. The summed E-state index contributed by atoms with van der Waals surface area (Å²) in [7, 11) is 1.87. The van der Waals surface area contributed by atoms with E-state index in [0.717, 1.165) is 46.2 Å². The predicted octanol–water partition coefficient (Wildman–Crippen LogP) is 4.95. The number of carbonyl (C=O) groups is 1. The second-order valence-electron chi connectivity index (χ2n) is 7.22. The lowest BCUT2D eigenvalue weighted by Crippen LogP contribution is -2.20. The number of nitrogens with zero attached hydrogens (tertiary/aromatic N) is 5. The number of aromatic nitrogens is 5. The molecule has 2 heterocycles. The number of benzene rings is 2. The number of aryl methyl sites for hydroxylation is 2. The van der Waals surface area contributed by atoms with Crippen LogP contribution in [-0.2, 0) is 24.8 Å². The Morgan fingerprint density at radius 2 is 2.06 bits per heavy atom. The van der Waals surface area contributed by atoms with Gasteiger partial charge in [-0.1, -0.05) is 37.1 Å². The van der Waals surface area contributed by atoms with Gasteiger partial charge in [-0.25, -0.2) is 4.98 Å². The molecule has 0 saturated carbocycles. The summed E-state index contributed by atoms with van der Waals surface area (Å²) in [5.74, 6) is 0.793. The van der Waals surface area contributed by atoms with Gasteiger partial charge in [0.1, 0.15) is 18.7 Å². The van der Waals surface area contributed by atoms with Crippen LogP contribution in [-0.4, -0.2) is 30.2 Å². The van der Waals surface area contributed by atoms with Gasteiger partial charge in [0.15, 0.2) is 5.16 Å². The number of nitrogens with one attached hydrogen (secondary N) is 1. The number of para-hydroxylation sites is 2. The Bertz CT molecular complexity index is 1220. The highest BCUT2D eigenvalue weighted by Crippen LogP contribution is 2.34. The van der Waals surface area contributed by atoms with Gasteiger partial charge in [0, 0.05) is 23.4 Å². The molecule has 0 saturated heterocycles. The van der Waals surface area contributed by atoms with Crippen LogP contribution in [0.1, 0.15) is 25.6 Å². The summed E-state index contributed by atoms with van der Waals surface area (Å²) in [5.41, 5.74) is 2.51. The lowest BCUT2D eigenvalue weighted by molar-refractivity contribution is -0.116. The van der Waals surface area contributed by atoms with Crippen LogP contribution in [0.3, 0.4) is 0 Å². The number of halogens is 1. The van der Waals surface area contributed by atoms with E-state index < -0.39 is 0 Å². The summed E-state index contributed by atoms with van der Waals surface area (Å²) >= 11 is 7.63. The summed E-state index contributed by atoms with van der Waals surface area (Å²) in [5, 5.41) is 12.3. The van der Waals surface area contributed by atoms with Crippen molar-refractivity contribution in [3.05, 3.63) is 59.6 Å². The molecule has 0 aliphatic rings. The van der Waals surface area contributed by atoms with Crippen molar-refractivity contribution in [3.63, 3.8) is 0 Å². The highest BCUT2D eigenvalue weighted by molar-refractivity contribution is 7.99. The zero-order chi connectivity index (χ0) is 21.8. The van der Waals surface area contributed by atoms with E-state index in [0.29, 0.717) is 10.7 Å². The molecular weight excluding hydrogens is 432 g/mol. The van der Waals surface area contributed by atoms with Crippen molar-refractivity contribution in [1.29, 1.82) is 0 Å². The van der Waals surface area contributed by atoms with Gasteiger partial charge in [0.05, 0.1) is 16.7 Å². The third-order valence-electron chi connectivity index (χ3n) is 4.88. The summed E-state index contributed by atoms with van der Waals surface area (Å²) in [6.45, 7) is 2.33. The van der Waals surface area contributed by atoms with Gasteiger partial charge in [-0.2, -0.15) is 0 Å². The van der Waals surface area contributed by atoms with E-state index in [-0.39, 0.29) is 12.5 Å². The highest BCUT2D eigenvalue weighted by Gasteiger charge is 2.16. The van der Waals surface area contributed by atoms with Gasteiger partial charge >= 0.3 is 0 Å². The topological polar surface area (TPSA) is 77.6 Å². The first-order chi connectivity index (χ1) is 15.0. The number of rotatable bonds is 8. The van der Waals surface area contributed by atoms with E-state index in [2.05, 4.69) is 22.4 Å². The maximum Gasteiger partial charge on any atom is 0.244 e. The number of unbranched alkanes of at least 4 members (excludes halogenated alkanes) is 1. The normalized spacial score (nSPS) is 11.2. The Balaban J connectivity index is 1.58. The molecule has 0 atom stereocenters. The van der Waals surface area contributed by atoms with Crippen molar-refractivity contribution in [2.75, 3.05) is 5.32 Å². The minimum Gasteiger partial charge on any atom is -0.323 e. The summed E-state index contributed by atoms with van der Waals surface area (Å²) < 4.78 is 3.82. The molecule has 9 heteroatoms. The maximum atomic E-state index is 13.0. The smallest absolute Gasteiger partial charge is 0.244 e. The SMILES string of the molecule is CCCCc1nc2ccccc2n1CC(=O)Nc1cc(Cl)ccc1Sc1nncn1C. The molecule has 0 fully saturated rings. The Kier molecular flexibility index (Phi) is 6.58. The van der Waals surface area contributed by atoms with Crippen LogP contribution in [0.5, 0.6) is 0 Å². The van der Waals surface area contributed by atoms with E-state index in [9.17, 15) is 4.79 Å². The Hall–Kier alpha value is -2.84. The monoisotopic (exact) mass is 454 g/mol. The third kappa shape index (κ3) is 4.91. The number of imidazole rings is 1. The fourth-order valence-electron chi connectivity index (χ4n) is 3.31. The van der Waals surface area contributed by atoms with Gasteiger partial charge in [0.2, 0.25) is 5.91 Å². The molecule has 0 radical (unpaired) electrons. The van der Waals surface area contributed by atoms with Gasteiger partial charge in [-0.3, -0.25) is 4.79 Å². The average Bonchev–Trinajstić information content (AvgIpc) is 3.31. The molecule has 1 N–H and O–H groups in total. The zero-order valence-corrected chi connectivity index (χ0v) is 19.0. The summed E-state index contributed by atoms with van der Waals surface area (Å²) in [6.07, 6.45) is 4.57. The molecule has 1 amide bonds. The standard InChI is InChI=1S/C22H23ClN6OS/c1-3-4-9-20-25-16-7-5-6-8-18(16)29(20)13-21(30)26-17-12-15(23)10-11-19(17)31-22-27-24-14-28(22)2/h5-8,10-12,14H,3-4,9,13H2,1-2H3,(H,26,30). The molecule has 0 unspecified atom stereocenters. The average molecular weight is 455 g/mol. The molecule has 0 bridgehead atoms. The molecule has 2 aromatic heterocycles.